The van der Waals surface area contributed by atoms with Crippen molar-refractivity contribution >= 4 is 0 Å². The molecule has 0 aliphatic rings. The maximum absolute atomic E-state index is 12.6. The van der Waals surface area contributed by atoms with Gasteiger partial charge in [0.05, 0.1) is 13.3 Å². The quantitative estimate of drug-likeness (QED) is 0.639. The third-order valence-electron chi connectivity index (χ3n) is 1.78. The number of hydrogen-bond acceptors (Lipinski definition) is 1. The van der Waals surface area contributed by atoms with Crippen molar-refractivity contribution in [3.63, 3.8) is 0 Å². The van der Waals surface area contributed by atoms with Gasteiger partial charge in [0.25, 0.3) is 0 Å². The molecule has 1 nitrogen and oxygen atoms in total. The van der Waals surface area contributed by atoms with E-state index < -0.39 is 5.82 Å². The van der Waals surface area contributed by atoms with Gasteiger partial charge in [0.1, 0.15) is 11.6 Å². The molecule has 0 atom stereocenters. The van der Waals surface area contributed by atoms with E-state index in [4.69, 9.17) is 4.74 Å². The molecule has 0 N–H and O–H groups in total. The Kier molecular flexibility index (Phi) is 4.97. The molecular weight excluding hydrogens is 186 g/mol. The lowest BCUT2D eigenvalue weighted by molar-refractivity contribution is 0.300. The minimum atomic E-state index is -0.425. The van der Waals surface area contributed by atoms with Crippen LogP contribution < -0.4 is 4.74 Å². The van der Waals surface area contributed by atoms with Gasteiger partial charge in [0.2, 0.25) is 0 Å². The second-order valence-electron chi connectivity index (χ2n) is 2.97. The van der Waals surface area contributed by atoms with Gasteiger partial charge in [-0.1, -0.05) is 0 Å². The molecule has 0 unspecified atom stereocenters. The third-order valence-corrected chi connectivity index (χ3v) is 1.78. The summed E-state index contributed by atoms with van der Waals surface area (Å²) >= 11 is 0. The molecule has 1 rings (SSSR count). The van der Waals surface area contributed by atoms with Crippen LogP contribution in [0, 0.1) is 11.9 Å². The first-order valence-corrected chi connectivity index (χ1v) is 4.69. The van der Waals surface area contributed by atoms with Crippen LogP contribution in [0.2, 0.25) is 0 Å². The van der Waals surface area contributed by atoms with Crippen LogP contribution in [0.25, 0.3) is 0 Å². The van der Waals surface area contributed by atoms with Crippen LogP contribution in [0.15, 0.2) is 18.2 Å². The third kappa shape index (κ3) is 4.21. The van der Waals surface area contributed by atoms with Crippen LogP contribution in [-0.2, 0) is 0 Å². The van der Waals surface area contributed by atoms with Gasteiger partial charge in [-0.15, -0.1) is 0 Å². The smallest absolute Gasteiger partial charge is 0.134 e. The lowest BCUT2D eigenvalue weighted by Crippen LogP contribution is -1.97. The highest BCUT2D eigenvalue weighted by Crippen LogP contribution is 2.12. The van der Waals surface area contributed by atoms with Crippen molar-refractivity contribution in [2.45, 2.75) is 19.3 Å². The van der Waals surface area contributed by atoms with Crippen LogP contribution in [0.5, 0.6) is 5.75 Å². The molecule has 14 heavy (non-hydrogen) atoms. The molecule has 0 spiro atoms. The largest absolute Gasteiger partial charge is 0.493 e. The maximum Gasteiger partial charge on any atom is 0.134 e. The Morgan fingerprint density at radius 2 is 2.14 bits per heavy atom. The van der Waals surface area contributed by atoms with Gasteiger partial charge in [-0.3, -0.25) is 4.39 Å². The van der Waals surface area contributed by atoms with Crippen molar-refractivity contribution in [3.05, 3.63) is 30.1 Å². The number of alkyl halides is 1. The van der Waals surface area contributed by atoms with Gasteiger partial charge in [-0.05, 0) is 31.4 Å². The predicted octanol–water partition coefficient (Wildman–Crippen LogP) is 3.14. The van der Waals surface area contributed by atoms with Gasteiger partial charge in [-0.2, -0.15) is 0 Å². The van der Waals surface area contributed by atoms with Gasteiger partial charge in [0, 0.05) is 12.1 Å². The van der Waals surface area contributed by atoms with Crippen molar-refractivity contribution in [3.8, 4) is 5.75 Å². The molecule has 0 saturated carbocycles. The Labute approximate surface area is 82.7 Å². The normalized spacial score (nSPS) is 10.1. The molecule has 0 aliphatic carbocycles. The highest BCUT2D eigenvalue weighted by atomic mass is 19.1. The predicted molar refractivity (Wildman–Crippen MR) is 50.6 cm³/mol. The Balaban J connectivity index is 2.18. The first kappa shape index (κ1) is 11.0. The molecule has 1 radical (unpaired) electrons. The van der Waals surface area contributed by atoms with Crippen molar-refractivity contribution in [2.75, 3.05) is 13.3 Å². The standard InChI is InChI=1S/C11H13F2O/c12-7-2-1-3-8-14-11-6-4-5-10(13)9-11/h4,6,9H,1-3,7-8H2. The van der Waals surface area contributed by atoms with E-state index in [2.05, 4.69) is 6.07 Å². The lowest BCUT2D eigenvalue weighted by atomic mass is 10.2. The molecule has 0 aliphatic heterocycles. The van der Waals surface area contributed by atoms with E-state index in [0.29, 0.717) is 18.8 Å². The topological polar surface area (TPSA) is 9.23 Å². The molecular formula is C11H13F2O. The summed E-state index contributed by atoms with van der Waals surface area (Å²) in [6, 6.07) is 6.80. The van der Waals surface area contributed by atoms with E-state index >= 15 is 0 Å². The summed E-state index contributed by atoms with van der Waals surface area (Å²) < 4.78 is 29.6. The van der Waals surface area contributed by atoms with Crippen LogP contribution >= 0.6 is 0 Å². The highest BCUT2D eigenvalue weighted by molar-refractivity contribution is 5.21. The second-order valence-corrected chi connectivity index (χ2v) is 2.97. The van der Waals surface area contributed by atoms with E-state index in [1.54, 1.807) is 6.07 Å². The van der Waals surface area contributed by atoms with Crippen molar-refractivity contribution in [2.24, 2.45) is 0 Å². The molecule has 77 valence electrons. The second kappa shape index (κ2) is 6.35. The molecule has 3 heteroatoms. The number of benzene rings is 1. The number of hydrogen-bond donors (Lipinski definition) is 0. The summed E-state index contributed by atoms with van der Waals surface area (Å²) in [6.45, 7) is 0.221. The number of unbranched alkanes of at least 4 members (excludes halogenated alkanes) is 2. The minimum Gasteiger partial charge on any atom is -0.493 e. The minimum absolute atomic E-state index is 0.283. The fourth-order valence-electron chi connectivity index (χ4n) is 1.07. The Morgan fingerprint density at radius 1 is 1.29 bits per heavy atom. The Bertz CT molecular complexity index is 263. The van der Waals surface area contributed by atoms with Gasteiger partial charge in [0.15, 0.2) is 0 Å². The van der Waals surface area contributed by atoms with Crippen LogP contribution in [0.3, 0.4) is 0 Å². The maximum atomic E-state index is 12.6. The summed E-state index contributed by atoms with van der Waals surface area (Å²) in [6.07, 6.45) is 2.17. The molecule has 0 saturated heterocycles. The molecule has 0 bridgehead atoms. The van der Waals surface area contributed by atoms with Crippen molar-refractivity contribution in [1.29, 1.82) is 0 Å². The summed E-state index contributed by atoms with van der Waals surface area (Å²) in [5.41, 5.74) is 0. The average Bonchev–Trinajstić information content (AvgIpc) is 2.18. The van der Waals surface area contributed by atoms with Gasteiger partial charge < -0.3 is 4.74 Å². The summed E-state index contributed by atoms with van der Waals surface area (Å²) in [5, 5.41) is 0. The molecule has 0 fully saturated rings. The summed E-state index contributed by atoms with van der Waals surface area (Å²) in [4.78, 5) is 0. The number of rotatable bonds is 6. The first-order chi connectivity index (χ1) is 6.83. The average molecular weight is 199 g/mol. The van der Waals surface area contributed by atoms with Crippen molar-refractivity contribution in [1.82, 2.24) is 0 Å². The summed E-state index contributed by atoms with van der Waals surface area (Å²) in [5.74, 6) is 0.0766. The Morgan fingerprint density at radius 3 is 2.86 bits per heavy atom. The Hall–Kier alpha value is -1.12. The molecule has 1 aromatic rings. The van der Waals surface area contributed by atoms with Crippen LogP contribution in [0.1, 0.15) is 19.3 Å². The fourth-order valence-corrected chi connectivity index (χ4v) is 1.07. The zero-order valence-corrected chi connectivity index (χ0v) is 7.93. The highest BCUT2D eigenvalue weighted by Gasteiger charge is 1.95. The van der Waals surface area contributed by atoms with Gasteiger partial charge >= 0.3 is 0 Å². The van der Waals surface area contributed by atoms with E-state index in [1.807, 2.05) is 0 Å². The van der Waals surface area contributed by atoms with Gasteiger partial charge in [-0.25, -0.2) is 4.39 Å². The molecule has 0 amide bonds. The van der Waals surface area contributed by atoms with E-state index in [1.165, 1.54) is 12.1 Å². The fraction of sp³-hybridized carbons (Fsp3) is 0.455. The monoisotopic (exact) mass is 199 g/mol. The number of halogens is 2. The first-order valence-electron chi connectivity index (χ1n) is 4.69. The SMILES string of the molecule is FCCCCCOc1cc[c]c(F)c1. The summed E-state index contributed by atoms with van der Waals surface area (Å²) in [7, 11) is 0. The van der Waals surface area contributed by atoms with Crippen LogP contribution in [-0.4, -0.2) is 13.3 Å². The molecule has 0 aromatic heterocycles. The van der Waals surface area contributed by atoms with E-state index in [0.717, 1.165) is 12.8 Å². The zero-order valence-electron chi connectivity index (χ0n) is 7.93. The van der Waals surface area contributed by atoms with Crippen molar-refractivity contribution < 1.29 is 13.5 Å². The van der Waals surface area contributed by atoms with Crippen LogP contribution in [0.4, 0.5) is 8.78 Å². The van der Waals surface area contributed by atoms with E-state index in [9.17, 15) is 8.78 Å². The van der Waals surface area contributed by atoms with E-state index in [-0.39, 0.29) is 6.67 Å². The molecule has 1 aromatic carbocycles. The lowest BCUT2D eigenvalue weighted by Gasteiger charge is -2.04. The zero-order chi connectivity index (χ0) is 10.2. The molecule has 0 heterocycles. The number of ether oxygens (including phenoxy) is 1.